The van der Waals surface area contributed by atoms with E-state index in [1.54, 1.807) is 12.3 Å². The minimum absolute atomic E-state index is 0.133. The highest BCUT2D eigenvalue weighted by molar-refractivity contribution is 5.70. The predicted octanol–water partition coefficient (Wildman–Crippen LogP) is 1.12. The van der Waals surface area contributed by atoms with Crippen LogP contribution in [0.3, 0.4) is 0 Å². The van der Waals surface area contributed by atoms with Crippen LogP contribution < -0.4 is 11.1 Å². The van der Waals surface area contributed by atoms with E-state index in [9.17, 15) is 0 Å². The van der Waals surface area contributed by atoms with E-state index in [1.807, 2.05) is 7.05 Å². The van der Waals surface area contributed by atoms with Gasteiger partial charge in [-0.25, -0.2) is 0 Å². The zero-order valence-corrected chi connectivity index (χ0v) is 8.33. The third-order valence-corrected chi connectivity index (χ3v) is 1.53. The lowest BCUT2D eigenvalue weighted by Crippen LogP contribution is -2.36. The molecule has 0 saturated heterocycles. The van der Waals surface area contributed by atoms with Crippen LogP contribution in [0.4, 0.5) is 0 Å². The van der Waals surface area contributed by atoms with Gasteiger partial charge in [-0.15, -0.1) is 0 Å². The number of hydrogen-bond acceptors (Lipinski definition) is 3. The molecule has 0 spiro atoms. The van der Waals surface area contributed by atoms with E-state index in [1.165, 1.54) is 6.20 Å². The second-order valence-electron chi connectivity index (χ2n) is 3.74. The van der Waals surface area contributed by atoms with E-state index < -0.39 is 0 Å². The van der Waals surface area contributed by atoms with Gasteiger partial charge in [-0.1, -0.05) is 20.8 Å². The maximum absolute atomic E-state index is 5.17. The van der Waals surface area contributed by atoms with Gasteiger partial charge >= 0.3 is 0 Å². The number of allylic oxidation sites excluding steroid dienone is 1. The minimum Gasteiger partial charge on any atom is -0.405 e. The first-order chi connectivity index (χ1) is 5.52. The molecule has 0 rings (SSSR count). The molecule has 1 atom stereocenters. The summed E-state index contributed by atoms with van der Waals surface area (Å²) in [7, 11) is 1.90. The van der Waals surface area contributed by atoms with Crippen molar-refractivity contribution in [2.24, 2.45) is 16.1 Å². The van der Waals surface area contributed by atoms with E-state index in [0.29, 0.717) is 0 Å². The summed E-state index contributed by atoms with van der Waals surface area (Å²) in [6, 6.07) is 0. The van der Waals surface area contributed by atoms with Crippen LogP contribution >= 0.6 is 0 Å². The Labute approximate surface area is 74.8 Å². The molecular weight excluding hydrogens is 150 g/mol. The maximum Gasteiger partial charge on any atom is 0.104 e. The Morgan fingerprint density at radius 2 is 2.00 bits per heavy atom. The van der Waals surface area contributed by atoms with Crippen LogP contribution in [0.25, 0.3) is 0 Å². The highest BCUT2D eigenvalue weighted by Gasteiger charge is 2.20. The molecule has 0 aliphatic carbocycles. The second kappa shape index (κ2) is 4.93. The molecule has 0 radical (unpaired) electrons. The third-order valence-electron chi connectivity index (χ3n) is 1.53. The van der Waals surface area contributed by atoms with Crippen molar-refractivity contribution >= 4 is 6.21 Å². The van der Waals surface area contributed by atoms with E-state index >= 15 is 0 Å². The van der Waals surface area contributed by atoms with E-state index in [4.69, 9.17) is 5.73 Å². The molecule has 0 saturated carbocycles. The summed E-state index contributed by atoms with van der Waals surface area (Å²) in [5.41, 5.74) is 5.31. The van der Waals surface area contributed by atoms with Crippen LogP contribution in [0.1, 0.15) is 20.8 Å². The molecule has 12 heavy (non-hydrogen) atoms. The van der Waals surface area contributed by atoms with Crippen LogP contribution in [0.2, 0.25) is 0 Å². The van der Waals surface area contributed by atoms with Crippen LogP contribution in [0.15, 0.2) is 17.3 Å². The molecule has 0 aromatic carbocycles. The number of nitrogens with zero attached hydrogens (tertiary/aromatic N) is 1. The highest BCUT2D eigenvalue weighted by Crippen LogP contribution is 2.19. The Bertz CT molecular complexity index is 165. The van der Waals surface area contributed by atoms with Crippen molar-refractivity contribution in [1.82, 2.24) is 5.32 Å². The van der Waals surface area contributed by atoms with Gasteiger partial charge in [0.1, 0.15) is 6.17 Å². The molecule has 0 aromatic rings. The highest BCUT2D eigenvalue weighted by atomic mass is 15.1. The number of nitrogens with one attached hydrogen (secondary N) is 1. The van der Waals surface area contributed by atoms with Crippen LogP contribution in [0.5, 0.6) is 0 Å². The summed E-state index contributed by atoms with van der Waals surface area (Å²) in [6.07, 6.45) is 5.04. The fourth-order valence-electron chi connectivity index (χ4n) is 0.917. The first-order valence-corrected chi connectivity index (χ1v) is 4.09. The first kappa shape index (κ1) is 11.2. The molecule has 1 unspecified atom stereocenters. The van der Waals surface area contributed by atoms with E-state index in [2.05, 4.69) is 31.1 Å². The Morgan fingerprint density at radius 1 is 1.42 bits per heavy atom. The number of nitrogens with two attached hydrogens (primary N) is 1. The molecule has 0 fully saturated rings. The molecule has 0 aliphatic heterocycles. The molecule has 0 heterocycles. The van der Waals surface area contributed by atoms with Crippen molar-refractivity contribution in [2.45, 2.75) is 26.9 Å². The predicted molar refractivity (Wildman–Crippen MR) is 54.1 cm³/mol. The zero-order chi connectivity index (χ0) is 9.61. The molecule has 0 aliphatic rings. The van der Waals surface area contributed by atoms with Crippen molar-refractivity contribution in [2.75, 3.05) is 7.05 Å². The van der Waals surface area contributed by atoms with Crippen molar-refractivity contribution < 1.29 is 0 Å². The summed E-state index contributed by atoms with van der Waals surface area (Å²) in [6.45, 7) is 6.41. The van der Waals surface area contributed by atoms with Gasteiger partial charge in [0.05, 0.1) is 0 Å². The lowest BCUT2D eigenvalue weighted by Gasteiger charge is -2.26. The minimum atomic E-state index is 0.133. The van der Waals surface area contributed by atoms with E-state index in [0.717, 1.165) is 0 Å². The monoisotopic (exact) mass is 169 g/mol. The average Bonchev–Trinajstić information content (AvgIpc) is 1.95. The lowest BCUT2D eigenvalue weighted by atomic mass is 9.93. The summed E-state index contributed by atoms with van der Waals surface area (Å²) < 4.78 is 0. The normalized spacial score (nSPS) is 16.0. The molecular formula is C9H19N3. The van der Waals surface area contributed by atoms with Gasteiger partial charge in [0, 0.05) is 6.21 Å². The van der Waals surface area contributed by atoms with E-state index in [-0.39, 0.29) is 11.6 Å². The van der Waals surface area contributed by atoms with Crippen molar-refractivity contribution in [3.05, 3.63) is 12.3 Å². The SMILES string of the molecule is CNC(/N=C\C=C/N)C(C)(C)C. The fraction of sp³-hybridized carbons (Fsp3) is 0.667. The average molecular weight is 169 g/mol. The Hall–Kier alpha value is -0.830. The molecule has 3 N–H and O–H groups in total. The van der Waals surface area contributed by atoms with Crippen LogP contribution in [-0.4, -0.2) is 19.4 Å². The molecule has 3 heteroatoms. The Morgan fingerprint density at radius 3 is 2.33 bits per heavy atom. The number of aliphatic imine (C=N–C) groups is 1. The Kier molecular flexibility index (Phi) is 4.59. The molecule has 70 valence electrons. The number of rotatable bonds is 3. The van der Waals surface area contributed by atoms with Crippen molar-refractivity contribution in [3.63, 3.8) is 0 Å². The van der Waals surface area contributed by atoms with Gasteiger partial charge in [-0.05, 0) is 24.7 Å². The van der Waals surface area contributed by atoms with Gasteiger partial charge in [-0.3, -0.25) is 10.3 Å². The zero-order valence-electron chi connectivity index (χ0n) is 8.33. The second-order valence-corrected chi connectivity index (χ2v) is 3.74. The quantitative estimate of drug-likeness (QED) is 0.622. The van der Waals surface area contributed by atoms with Crippen LogP contribution in [-0.2, 0) is 0 Å². The summed E-state index contributed by atoms with van der Waals surface area (Å²) in [5.74, 6) is 0. The molecule has 0 aromatic heterocycles. The van der Waals surface area contributed by atoms with Gasteiger partial charge in [0.2, 0.25) is 0 Å². The Balaban J connectivity index is 4.18. The van der Waals surface area contributed by atoms with Crippen molar-refractivity contribution in [1.29, 1.82) is 0 Å². The largest absolute Gasteiger partial charge is 0.405 e. The van der Waals surface area contributed by atoms with Gasteiger partial charge in [-0.2, -0.15) is 0 Å². The summed E-state index contributed by atoms with van der Waals surface area (Å²) in [5, 5.41) is 3.13. The standard InChI is InChI=1S/C9H19N3/c1-9(2,3)8(11-4)12-7-5-6-10/h5-8,11H,10H2,1-4H3/b6-5-,12-7-. The van der Waals surface area contributed by atoms with Crippen LogP contribution in [0, 0.1) is 5.41 Å². The summed E-state index contributed by atoms with van der Waals surface area (Å²) >= 11 is 0. The third kappa shape index (κ3) is 4.13. The lowest BCUT2D eigenvalue weighted by molar-refractivity contribution is 0.291. The summed E-state index contributed by atoms with van der Waals surface area (Å²) in [4.78, 5) is 4.30. The van der Waals surface area contributed by atoms with Gasteiger partial charge < -0.3 is 5.73 Å². The molecule has 0 bridgehead atoms. The molecule has 3 nitrogen and oxygen atoms in total. The smallest absolute Gasteiger partial charge is 0.104 e. The van der Waals surface area contributed by atoms with Gasteiger partial charge in [0.25, 0.3) is 0 Å². The topological polar surface area (TPSA) is 50.4 Å². The van der Waals surface area contributed by atoms with Crippen molar-refractivity contribution in [3.8, 4) is 0 Å². The fourth-order valence-corrected chi connectivity index (χ4v) is 0.917. The number of hydrogen-bond donors (Lipinski definition) is 2. The van der Waals surface area contributed by atoms with Gasteiger partial charge in [0.15, 0.2) is 0 Å². The maximum atomic E-state index is 5.17. The first-order valence-electron chi connectivity index (χ1n) is 4.09. The molecule has 0 amide bonds.